The first-order valence-corrected chi connectivity index (χ1v) is 23.5. The van der Waals surface area contributed by atoms with Crippen molar-refractivity contribution in [1.82, 2.24) is 4.90 Å². The standard InChI is InChI=1S/C50H77NO13/c1-30-17-13-11-10-12-14-18-31(2)44(54)46(62-9)45(55)34(5)25-32(3)40(53)29-42(33(4)26-36-21-23-39(52)43(27-36)61-8)63-49(58)38-19-15-16-24-51(38)48(57)47(56)50(59)35(6)20-22-37(64-50)28-41(30)60-7/h10-13,17,25,31-33,35-39,41-43,45-46,52,55,59H,14-16,18-24,26-29H2,1-9H3/b12-10+,13-11?,30-17?,34-25+/t31-,32-,33-,35-,36+,37+,38+,39-,41+,42+,43-,45-,46+,50-/m1/s1. The molecule has 4 rings (SSSR count). The molecule has 3 aliphatic heterocycles. The molecule has 0 unspecified atom stereocenters. The minimum Gasteiger partial charge on any atom is -0.460 e. The zero-order chi connectivity index (χ0) is 47.3. The SMILES string of the molecule is CO[C@H]1C[C@@H]2CC[C@@H](C)[C@@](O)(O2)C(=O)C(=O)N2CCCC[C@H]2C(=O)O[C@H]([C@H](C)C[C@@H]2CC[C@@H](O)[C@H](OC)C2)CC(=O)[C@H](C)/C=C(\C)[C@@H](O)[C@@H](OC)C(=O)[C@H](C)CC/C=C/C=CC=C1C. The van der Waals surface area contributed by atoms with E-state index in [4.69, 9.17) is 23.7 Å². The van der Waals surface area contributed by atoms with Gasteiger partial charge in [-0.15, -0.1) is 0 Å². The molecule has 3 fully saturated rings. The summed E-state index contributed by atoms with van der Waals surface area (Å²) in [4.78, 5) is 71.5. The van der Waals surface area contributed by atoms with Gasteiger partial charge in [-0.25, -0.2) is 4.79 Å². The fourth-order valence-corrected chi connectivity index (χ4v) is 9.77. The van der Waals surface area contributed by atoms with Gasteiger partial charge in [0.05, 0.1) is 24.4 Å². The van der Waals surface area contributed by atoms with E-state index in [1.165, 1.54) is 12.0 Å². The molecular weight excluding hydrogens is 823 g/mol. The van der Waals surface area contributed by atoms with Gasteiger partial charge in [0.25, 0.3) is 11.7 Å². The molecule has 0 radical (unpaired) electrons. The Labute approximate surface area is 380 Å². The lowest BCUT2D eigenvalue weighted by atomic mass is 9.78. The highest BCUT2D eigenvalue weighted by Crippen LogP contribution is 2.37. The molecule has 3 heterocycles. The molecule has 2 saturated heterocycles. The number of esters is 1. The van der Waals surface area contributed by atoms with E-state index in [0.717, 1.165) is 12.0 Å². The van der Waals surface area contributed by atoms with Crippen LogP contribution in [0.4, 0.5) is 0 Å². The number of fused-ring (bicyclic) bond motifs is 3. The van der Waals surface area contributed by atoms with Gasteiger partial charge < -0.3 is 43.9 Å². The maximum Gasteiger partial charge on any atom is 0.329 e. The third-order valence-electron chi connectivity index (χ3n) is 14.2. The summed E-state index contributed by atoms with van der Waals surface area (Å²) in [6.07, 6.45) is 11.8. The summed E-state index contributed by atoms with van der Waals surface area (Å²) in [5, 5.41) is 33.7. The van der Waals surface area contributed by atoms with Crippen LogP contribution in [0, 0.1) is 29.6 Å². The van der Waals surface area contributed by atoms with Gasteiger partial charge in [0.2, 0.25) is 5.79 Å². The molecule has 1 amide bonds. The van der Waals surface area contributed by atoms with Crippen LogP contribution in [-0.2, 0) is 47.7 Å². The maximum absolute atomic E-state index is 14.3. The van der Waals surface area contributed by atoms with Crippen molar-refractivity contribution in [1.29, 1.82) is 0 Å². The Morgan fingerprint density at radius 3 is 2.28 bits per heavy atom. The van der Waals surface area contributed by atoms with E-state index in [-0.39, 0.29) is 48.9 Å². The summed E-state index contributed by atoms with van der Waals surface area (Å²) < 4.78 is 29.3. The Hall–Kier alpha value is -3.37. The number of hydrogen-bond acceptors (Lipinski definition) is 13. The monoisotopic (exact) mass is 900 g/mol. The Kier molecular flexibility index (Phi) is 20.8. The summed E-state index contributed by atoms with van der Waals surface area (Å²) in [5.41, 5.74) is 1.27. The first-order valence-electron chi connectivity index (χ1n) is 23.5. The number of aliphatic hydroxyl groups is 3. The van der Waals surface area contributed by atoms with Gasteiger partial charge in [-0.05, 0) is 107 Å². The van der Waals surface area contributed by atoms with Crippen LogP contribution in [0.25, 0.3) is 0 Å². The van der Waals surface area contributed by atoms with Crippen molar-refractivity contribution in [3.63, 3.8) is 0 Å². The second-order valence-electron chi connectivity index (χ2n) is 19.0. The Morgan fingerprint density at radius 2 is 1.59 bits per heavy atom. The first kappa shape index (κ1) is 53.2. The summed E-state index contributed by atoms with van der Waals surface area (Å²) in [6.45, 7) is 10.7. The normalized spacial score (nSPS) is 38.4. The zero-order valence-electron chi connectivity index (χ0n) is 39.7. The second-order valence-corrected chi connectivity index (χ2v) is 19.0. The number of ether oxygens (including phenoxy) is 5. The van der Waals surface area contributed by atoms with E-state index in [9.17, 15) is 39.3 Å². The number of piperidine rings is 1. The van der Waals surface area contributed by atoms with Gasteiger partial charge in [0.1, 0.15) is 30.1 Å². The Bertz CT molecular complexity index is 1720. The van der Waals surface area contributed by atoms with Crippen molar-refractivity contribution in [3.8, 4) is 0 Å². The predicted octanol–water partition coefficient (Wildman–Crippen LogP) is 5.93. The molecule has 64 heavy (non-hydrogen) atoms. The van der Waals surface area contributed by atoms with E-state index < -0.39 is 83.9 Å². The lowest BCUT2D eigenvalue weighted by Crippen LogP contribution is -2.61. The fourth-order valence-electron chi connectivity index (χ4n) is 9.77. The molecule has 1 saturated carbocycles. The van der Waals surface area contributed by atoms with Crippen LogP contribution in [0.1, 0.15) is 125 Å². The molecule has 0 aromatic heterocycles. The number of carbonyl (C=O) groups is 5. The molecule has 14 heteroatoms. The zero-order valence-corrected chi connectivity index (χ0v) is 39.7. The smallest absolute Gasteiger partial charge is 0.329 e. The van der Waals surface area contributed by atoms with E-state index in [1.54, 1.807) is 48.0 Å². The van der Waals surface area contributed by atoms with Crippen LogP contribution < -0.4 is 0 Å². The molecule has 14 atom stereocenters. The highest BCUT2D eigenvalue weighted by Gasteiger charge is 2.53. The second kappa shape index (κ2) is 25.0. The lowest BCUT2D eigenvalue weighted by molar-refractivity contribution is -0.265. The highest BCUT2D eigenvalue weighted by molar-refractivity contribution is 6.39. The topological polar surface area (TPSA) is 195 Å². The Balaban J connectivity index is 1.69. The molecule has 0 spiro atoms. The number of allylic oxidation sites excluding steroid dienone is 6. The molecule has 4 aliphatic rings. The van der Waals surface area contributed by atoms with E-state index in [1.807, 2.05) is 44.2 Å². The minimum absolute atomic E-state index is 0.0891. The predicted molar refractivity (Wildman–Crippen MR) is 241 cm³/mol. The van der Waals surface area contributed by atoms with Crippen LogP contribution in [0.5, 0.6) is 0 Å². The third-order valence-corrected chi connectivity index (χ3v) is 14.2. The maximum atomic E-state index is 14.3. The van der Waals surface area contributed by atoms with Gasteiger partial charge in [-0.2, -0.15) is 0 Å². The molecule has 14 nitrogen and oxygen atoms in total. The average Bonchev–Trinajstić information content (AvgIpc) is 3.28. The van der Waals surface area contributed by atoms with Crippen molar-refractivity contribution in [2.45, 2.75) is 180 Å². The quantitative estimate of drug-likeness (QED) is 0.161. The molecule has 3 N–H and O–H groups in total. The molecule has 360 valence electrons. The number of hydrogen-bond donors (Lipinski definition) is 3. The number of methoxy groups -OCH3 is 3. The van der Waals surface area contributed by atoms with Crippen LogP contribution in [0.2, 0.25) is 0 Å². The number of Topliss-reactive ketones (excluding diaryl/α,β-unsaturated/α-hetero) is 3. The van der Waals surface area contributed by atoms with Gasteiger partial charge in [-0.3, -0.25) is 19.2 Å². The number of aliphatic hydroxyl groups excluding tert-OH is 2. The first-order chi connectivity index (χ1) is 30.4. The van der Waals surface area contributed by atoms with E-state index in [2.05, 4.69) is 0 Å². The van der Waals surface area contributed by atoms with Gasteiger partial charge >= 0.3 is 5.97 Å². The average molecular weight is 900 g/mol. The summed E-state index contributed by atoms with van der Waals surface area (Å²) >= 11 is 0. The summed E-state index contributed by atoms with van der Waals surface area (Å²) in [7, 11) is 4.51. The van der Waals surface area contributed by atoms with Crippen LogP contribution in [-0.4, -0.2) is 132 Å². The van der Waals surface area contributed by atoms with E-state index in [0.29, 0.717) is 69.8 Å². The molecular formula is C50H77NO13. The van der Waals surface area contributed by atoms with Crippen LogP contribution in [0.3, 0.4) is 0 Å². The van der Waals surface area contributed by atoms with Gasteiger partial charge in [0, 0.05) is 58.5 Å². The minimum atomic E-state index is -2.42. The Morgan fingerprint density at radius 1 is 0.859 bits per heavy atom. The van der Waals surface area contributed by atoms with E-state index >= 15 is 0 Å². The third kappa shape index (κ3) is 13.8. The van der Waals surface area contributed by atoms with Crippen molar-refractivity contribution >= 4 is 29.2 Å². The number of carbonyl (C=O) groups excluding carboxylic acids is 5. The largest absolute Gasteiger partial charge is 0.460 e. The highest BCUT2D eigenvalue weighted by atomic mass is 16.6. The van der Waals surface area contributed by atoms with Crippen molar-refractivity contribution in [2.24, 2.45) is 29.6 Å². The van der Waals surface area contributed by atoms with Crippen molar-refractivity contribution in [2.75, 3.05) is 27.9 Å². The number of nitrogens with zero attached hydrogens (tertiary/aromatic N) is 1. The fraction of sp³-hybridized carbons (Fsp3) is 0.740. The lowest BCUT2D eigenvalue weighted by Gasteiger charge is -2.42. The van der Waals surface area contributed by atoms with Gasteiger partial charge in [0.15, 0.2) is 5.78 Å². The molecule has 2 bridgehead atoms. The van der Waals surface area contributed by atoms with Crippen molar-refractivity contribution in [3.05, 3.63) is 47.6 Å². The number of amides is 1. The molecule has 1 aliphatic carbocycles. The van der Waals surface area contributed by atoms with Crippen LogP contribution >= 0.6 is 0 Å². The van der Waals surface area contributed by atoms with Crippen LogP contribution in [0.15, 0.2) is 47.6 Å². The van der Waals surface area contributed by atoms with Gasteiger partial charge in [-0.1, -0.05) is 64.2 Å². The van der Waals surface area contributed by atoms with Crippen molar-refractivity contribution < 1.29 is 63.0 Å². The molecule has 0 aromatic rings. The number of cyclic esters (lactones) is 1. The number of ketones is 3. The molecule has 0 aromatic carbocycles. The summed E-state index contributed by atoms with van der Waals surface area (Å²) in [5.74, 6) is -7.93. The number of rotatable bonds is 6. The summed E-state index contributed by atoms with van der Waals surface area (Å²) in [6, 6.07) is -1.14.